The van der Waals surface area contributed by atoms with Crippen molar-refractivity contribution in [3.63, 3.8) is 0 Å². The monoisotopic (exact) mass is 815 g/mol. The first-order valence-corrected chi connectivity index (χ1v) is 24.6. The minimum Gasteiger partial charge on any atom is -0.462 e. The minimum absolute atomic E-state index is 0.0332. The lowest BCUT2D eigenvalue weighted by Crippen LogP contribution is -2.37. The van der Waals surface area contributed by atoms with Gasteiger partial charge in [0.05, 0.1) is 27.7 Å². The van der Waals surface area contributed by atoms with Crippen molar-refractivity contribution in [1.82, 2.24) is 0 Å². The van der Waals surface area contributed by atoms with Gasteiger partial charge in [-0.1, -0.05) is 173 Å². The van der Waals surface area contributed by atoms with E-state index in [9.17, 15) is 19.0 Å². The smallest absolute Gasteiger partial charge is 0.462 e. The quantitative estimate of drug-likeness (QED) is 0.0213. The Labute approximate surface area is 345 Å². The molecular formula is C46H89NO8P+. The zero-order valence-corrected chi connectivity index (χ0v) is 38.0. The largest absolute Gasteiger partial charge is 0.472 e. The summed E-state index contributed by atoms with van der Waals surface area (Å²) in [6, 6.07) is 0. The number of nitrogens with zero attached hydrogens (tertiary/aromatic N) is 1. The maximum atomic E-state index is 12.7. The minimum atomic E-state index is -4.37. The van der Waals surface area contributed by atoms with E-state index in [1.807, 2.05) is 21.1 Å². The van der Waals surface area contributed by atoms with Crippen LogP contribution in [-0.4, -0.2) is 74.9 Å². The predicted molar refractivity (Wildman–Crippen MR) is 234 cm³/mol. The number of phosphoric ester groups is 1. The molecule has 330 valence electrons. The van der Waals surface area contributed by atoms with Gasteiger partial charge in [-0.25, -0.2) is 4.57 Å². The molecule has 2 atom stereocenters. The number of esters is 2. The van der Waals surface area contributed by atoms with E-state index in [-0.39, 0.29) is 25.6 Å². The van der Waals surface area contributed by atoms with Gasteiger partial charge in [0.2, 0.25) is 0 Å². The van der Waals surface area contributed by atoms with Crippen LogP contribution in [0.15, 0.2) is 24.3 Å². The van der Waals surface area contributed by atoms with E-state index in [2.05, 4.69) is 38.2 Å². The third-order valence-electron chi connectivity index (χ3n) is 9.98. The molecule has 0 saturated heterocycles. The number of quaternary nitrogens is 1. The summed E-state index contributed by atoms with van der Waals surface area (Å²) in [6.07, 6.45) is 42.3. The van der Waals surface area contributed by atoms with Gasteiger partial charge in [0.15, 0.2) is 6.10 Å². The summed E-state index contributed by atoms with van der Waals surface area (Å²) in [5.74, 6) is -0.797. The molecule has 0 spiro atoms. The van der Waals surface area contributed by atoms with Crippen molar-refractivity contribution in [3.05, 3.63) is 24.3 Å². The van der Waals surface area contributed by atoms with Crippen LogP contribution in [0, 0.1) is 0 Å². The molecule has 0 aromatic rings. The highest BCUT2D eigenvalue weighted by Gasteiger charge is 2.27. The van der Waals surface area contributed by atoms with Crippen molar-refractivity contribution in [1.29, 1.82) is 0 Å². The van der Waals surface area contributed by atoms with Crippen LogP contribution in [0.4, 0.5) is 0 Å². The molecule has 0 aliphatic rings. The summed E-state index contributed by atoms with van der Waals surface area (Å²) in [6.45, 7) is 4.40. The fraction of sp³-hybridized carbons (Fsp3) is 0.870. The second kappa shape index (κ2) is 39.0. The maximum Gasteiger partial charge on any atom is 0.472 e. The highest BCUT2D eigenvalue weighted by Crippen LogP contribution is 2.43. The van der Waals surface area contributed by atoms with Crippen molar-refractivity contribution in [2.45, 2.75) is 213 Å². The van der Waals surface area contributed by atoms with E-state index in [4.69, 9.17) is 18.5 Å². The molecule has 0 fully saturated rings. The fourth-order valence-electron chi connectivity index (χ4n) is 6.34. The van der Waals surface area contributed by atoms with Crippen LogP contribution in [0.2, 0.25) is 0 Å². The van der Waals surface area contributed by atoms with Gasteiger partial charge in [-0.2, -0.15) is 0 Å². The van der Waals surface area contributed by atoms with Crippen LogP contribution in [-0.2, 0) is 32.7 Å². The van der Waals surface area contributed by atoms with Gasteiger partial charge in [0.1, 0.15) is 19.8 Å². The molecule has 56 heavy (non-hydrogen) atoms. The molecule has 0 amide bonds. The third kappa shape index (κ3) is 42.1. The van der Waals surface area contributed by atoms with Crippen LogP contribution in [0.5, 0.6) is 0 Å². The number of likely N-dealkylation sites (N-methyl/N-ethyl adjacent to an activating group) is 1. The Bertz CT molecular complexity index is 1010. The van der Waals surface area contributed by atoms with Crippen molar-refractivity contribution in [2.24, 2.45) is 0 Å². The SMILES string of the molecule is CCCCCCC/C=C\C/C=C\CCCCCCCCCCCCCC(=O)OC(COC(=O)CCCCCCCCCCC)COP(=O)(O)OCC[N+](C)(C)C. The molecule has 0 aliphatic heterocycles. The van der Waals surface area contributed by atoms with Gasteiger partial charge >= 0.3 is 19.8 Å². The standard InChI is InChI=1S/C46H88NO8P/c1-6-8-10-12-14-16-17-18-19-20-21-22-23-24-25-26-27-28-29-31-33-35-37-39-46(49)55-44(43-54-56(50,51)53-41-40-47(3,4)5)42-52-45(48)38-36-34-32-30-15-13-11-9-7-2/h17-18,20-21,44H,6-16,19,22-43H2,1-5H3/p+1/b18-17-,21-20-. The molecular weight excluding hydrogens is 725 g/mol. The average molecular weight is 815 g/mol. The Morgan fingerprint density at radius 1 is 0.554 bits per heavy atom. The average Bonchev–Trinajstić information content (AvgIpc) is 3.15. The van der Waals surface area contributed by atoms with E-state index >= 15 is 0 Å². The fourth-order valence-corrected chi connectivity index (χ4v) is 7.08. The van der Waals surface area contributed by atoms with Gasteiger partial charge in [0.25, 0.3) is 0 Å². The Balaban J connectivity index is 4.19. The van der Waals surface area contributed by atoms with Gasteiger partial charge in [-0.15, -0.1) is 0 Å². The summed E-state index contributed by atoms with van der Waals surface area (Å²) in [7, 11) is 1.48. The molecule has 0 aromatic heterocycles. The molecule has 9 nitrogen and oxygen atoms in total. The van der Waals surface area contributed by atoms with Gasteiger partial charge in [-0.05, 0) is 44.9 Å². The molecule has 1 N–H and O–H groups in total. The van der Waals surface area contributed by atoms with Crippen LogP contribution in [0.3, 0.4) is 0 Å². The number of hydrogen-bond acceptors (Lipinski definition) is 7. The molecule has 0 saturated carbocycles. The van der Waals surface area contributed by atoms with E-state index in [0.717, 1.165) is 38.5 Å². The highest BCUT2D eigenvalue weighted by molar-refractivity contribution is 7.47. The lowest BCUT2D eigenvalue weighted by atomic mass is 10.0. The lowest BCUT2D eigenvalue weighted by Gasteiger charge is -2.24. The first kappa shape index (κ1) is 54.5. The van der Waals surface area contributed by atoms with Crippen molar-refractivity contribution in [2.75, 3.05) is 47.5 Å². The Kier molecular flexibility index (Phi) is 37.9. The number of unbranched alkanes of at least 4 members (excludes halogenated alkanes) is 24. The number of phosphoric acid groups is 1. The van der Waals surface area contributed by atoms with Crippen molar-refractivity contribution >= 4 is 19.8 Å². The van der Waals surface area contributed by atoms with Crippen LogP contribution in [0.25, 0.3) is 0 Å². The van der Waals surface area contributed by atoms with Crippen molar-refractivity contribution < 1.29 is 42.1 Å². The second-order valence-electron chi connectivity index (χ2n) is 16.8. The second-order valence-corrected chi connectivity index (χ2v) is 18.2. The number of carbonyl (C=O) groups excluding carboxylic acids is 2. The first-order valence-electron chi connectivity index (χ1n) is 23.1. The number of allylic oxidation sites excluding steroid dienone is 4. The highest BCUT2D eigenvalue weighted by atomic mass is 31.2. The molecule has 0 bridgehead atoms. The number of ether oxygens (including phenoxy) is 2. The molecule has 2 unspecified atom stereocenters. The zero-order chi connectivity index (χ0) is 41.4. The summed E-state index contributed by atoms with van der Waals surface area (Å²) in [5.41, 5.74) is 0. The number of hydrogen-bond donors (Lipinski definition) is 1. The topological polar surface area (TPSA) is 108 Å². The normalized spacial score (nSPS) is 13.8. The number of rotatable bonds is 42. The summed E-state index contributed by atoms with van der Waals surface area (Å²) in [5, 5.41) is 0. The van der Waals surface area contributed by atoms with Crippen LogP contribution in [0.1, 0.15) is 206 Å². The van der Waals surface area contributed by atoms with Crippen molar-refractivity contribution in [3.8, 4) is 0 Å². The van der Waals surface area contributed by atoms with Gasteiger partial charge < -0.3 is 18.9 Å². The molecule has 0 aromatic carbocycles. The molecule has 0 radical (unpaired) electrons. The van der Waals surface area contributed by atoms with Gasteiger partial charge in [-0.3, -0.25) is 18.6 Å². The van der Waals surface area contributed by atoms with Crippen LogP contribution >= 0.6 is 7.82 Å². The molecule has 0 rings (SSSR count). The number of carbonyl (C=O) groups is 2. The Morgan fingerprint density at radius 3 is 1.41 bits per heavy atom. The Morgan fingerprint density at radius 2 is 0.964 bits per heavy atom. The molecule has 10 heteroatoms. The maximum absolute atomic E-state index is 12.7. The van der Waals surface area contributed by atoms with Crippen LogP contribution < -0.4 is 0 Å². The predicted octanol–water partition coefficient (Wildman–Crippen LogP) is 13.1. The first-order chi connectivity index (χ1) is 27.0. The van der Waals surface area contributed by atoms with E-state index < -0.39 is 26.5 Å². The van der Waals surface area contributed by atoms with E-state index in [1.165, 1.54) is 135 Å². The Hall–Kier alpha value is -1.51. The molecule has 0 aliphatic carbocycles. The van der Waals surface area contributed by atoms with E-state index in [1.54, 1.807) is 0 Å². The third-order valence-corrected chi connectivity index (χ3v) is 11.0. The lowest BCUT2D eigenvalue weighted by molar-refractivity contribution is -0.870. The summed E-state index contributed by atoms with van der Waals surface area (Å²) in [4.78, 5) is 35.3. The summed E-state index contributed by atoms with van der Waals surface area (Å²) < 4.78 is 34.3. The van der Waals surface area contributed by atoms with Gasteiger partial charge in [0, 0.05) is 12.8 Å². The summed E-state index contributed by atoms with van der Waals surface area (Å²) >= 11 is 0. The molecule has 0 heterocycles. The van der Waals surface area contributed by atoms with E-state index in [0.29, 0.717) is 23.9 Å². The zero-order valence-electron chi connectivity index (χ0n) is 37.1.